The second-order valence-corrected chi connectivity index (χ2v) is 9.21. The highest BCUT2D eigenvalue weighted by atomic mass is 35.5. The molecule has 0 saturated carbocycles. The number of hydrogen-bond acceptors (Lipinski definition) is 7. The van der Waals surface area contributed by atoms with Crippen LogP contribution in [0.2, 0.25) is 5.15 Å². The van der Waals surface area contributed by atoms with Gasteiger partial charge in [-0.1, -0.05) is 29.8 Å². The zero-order chi connectivity index (χ0) is 23.3. The van der Waals surface area contributed by atoms with E-state index in [-0.39, 0.29) is 5.91 Å². The second kappa shape index (κ2) is 8.39. The van der Waals surface area contributed by atoms with Crippen LogP contribution in [0.4, 0.5) is 5.82 Å². The Labute approximate surface area is 201 Å². The molecule has 1 amide bonds. The molecule has 2 aromatic heterocycles. The maximum absolute atomic E-state index is 13.6. The Balaban J connectivity index is 1.39. The van der Waals surface area contributed by atoms with E-state index in [1.807, 2.05) is 30.3 Å². The van der Waals surface area contributed by atoms with E-state index < -0.39 is 17.9 Å². The third kappa shape index (κ3) is 3.49. The molecule has 1 aromatic carbocycles. The molecule has 3 aliphatic heterocycles. The summed E-state index contributed by atoms with van der Waals surface area (Å²) < 4.78 is 11.7. The first kappa shape index (κ1) is 21.6. The SMILES string of the molecule is O=CC(C1c2ccccc2C(=O)N1c1ccc2ccc(Cl)nc2n1)N1CCC2(CC1)OCCO2. The van der Waals surface area contributed by atoms with Crippen molar-refractivity contribution in [2.24, 2.45) is 0 Å². The number of piperidine rings is 1. The van der Waals surface area contributed by atoms with Gasteiger partial charge < -0.3 is 14.3 Å². The number of hydrogen-bond donors (Lipinski definition) is 0. The number of amides is 1. The van der Waals surface area contributed by atoms with Crippen molar-refractivity contribution in [1.82, 2.24) is 14.9 Å². The third-order valence-corrected chi connectivity index (χ3v) is 7.23. The van der Waals surface area contributed by atoms with Crippen molar-refractivity contribution in [3.05, 3.63) is 64.8 Å². The first-order valence-electron chi connectivity index (χ1n) is 11.4. The number of benzene rings is 1. The lowest BCUT2D eigenvalue weighted by atomic mass is 9.94. The van der Waals surface area contributed by atoms with Crippen LogP contribution in [0.3, 0.4) is 0 Å². The first-order valence-corrected chi connectivity index (χ1v) is 11.8. The zero-order valence-electron chi connectivity index (χ0n) is 18.4. The van der Waals surface area contributed by atoms with E-state index in [1.54, 1.807) is 23.1 Å². The number of carbonyl (C=O) groups is 2. The minimum absolute atomic E-state index is 0.183. The van der Waals surface area contributed by atoms with E-state index in [9.17, 15) is 9.59 Å². The topological polar surface area (TPSA) is 84.9 Å². The van der Waals surface area contributed by atoms with Gasteiger partial charge in [0.1, 0.15) is 17.3 Å². The number of rotatable bonds is 4. The van der Waals surface area contributed by atoms with Crippen LogP contribution in [0, 0.1) is 0 Å². The van der Waals surface area contributed by atoms with Crippen molar-refractivity contribution in [3.63, 3.8) is 0 Å². The summed E-state index contributed by atoms with van der Waals surface area (Å²) in [6.07, 6.45) is 2.30. The van der Waals surface area contributed by atoms with Gasteiger partial charge in [-0.3, -0.25) is 14.6 Å². The van der Waals surface area contributed by atoms with E-state index >= 15 is 0 Å². The summed E-state index contributed by atoms with van der Waals surface area (Å²) in [6, 6.07) is 13.6. The Morgan fingerprint density at radius 1 is 1.03 bits per heavy atom. The first-order chi connectivity index (χ1) is 16.6. The molecule has 0 aliphatic carbocycles. The Kier molecular flexibility index (Phi) is 5.33. The van der Waals surface area contributed by atoms with Gasteiger partial charge in [0, 0.05) is 36.9 Å². The van der Waals surface area contributed by atoms with Gasteiger partial charge in [-0.15, -0.1) is 0 Å². The van der Waals surface area contributed by atoms with E-state index in [1.165, 1.54) is 0 Å². The number of likely N-dealkylation sites (tertiary alicyclic amines) is 1. The Bertz CT molecular complexity index is 1270. The molecule has 2 saturated heterocycles. The van der Waals surface area contributed by atoms with Crippen molar-refractivity contribution in [1.29, 1.82) is 0 Å². The maximum Gasteiger partial charge on any atom is 0.260 e. The predicted octanol–water partition coefficient (Wildman–Crippen LogP) is 3.39. The molecular formula is C25H23ClN4O4. The Morgan fingerprint density at radius 3 is 2.53 bits per heavy atom. The summed E-state index contributed by atoms with van der Waals surface area (Å²) in [5.41, 5.74) is 1.85. The van der Waals surface area contributed by atoms with Crippen LogP contribution in [0.25, 0.3) is 11.0 Å². The summed E-state index contributed by atoms with van der Waals surface area (Å²) in [4.78, 5) is 38.9. The third-order valence-electron chi connectivity index (χ3n) is 7.02. The minimum Gasteiger partial charge on any atom is -0.347 e. The average molecular weight is 479 g/mol. The van der Waals surface area contributed by atoms with Gasteiger partial charge in [0.2, 0.25) is 0 Å². The Morgan fingerprint density at radius 2 is 1.76 bits per heavy atom. The number of nitrogens with zero attached hydrogens (tertiary/aromatic N) is 4. The number of fused-ring (bicyclic) bond motifs is 2. The number of aromatic nitrogens is 2. The van der Waals surface area contributed by atoms with E-state index in [0.29, 0.717) is 61.3 Å². The van der Waals surface area contributed by atoms with Gasteiger partial charge in [0.05, 0.1) is 25.3 Å². The lowest BCUT2D eigenvalue weighted by molar-refractivity contribution is -0.188. The molecule has 0 radical (unpaired) electrons. The molecule has 1 spiro atoms. The largest absolute Gasteiger partial charge is 0.347 e. The smallest absolute Gasteiger partial charge is 0.260 e. The number of anilines is 1. The molecule has 34 heavy (non-hydrogen) atoms. The minimum atomic E-state index is -0.545. The van der Waals surface area contributed by atoms with Crippen molar-refractivity contribution >= 4 is 40.6 Å². The lowest BCUT2D eigenvalue weighted by Crippen LogP contribution is -2.53. The van der Waals surface area contributed by atoms with E-state index in [0.717, 1.165) is 17.2 Å². The molecule has 2 fully saturated rings. The van der Waals surface area contributed by atoms with Crippen LogP contribution in [0.1, 0.15) is 34.8 Å². The second-order valence-electron chi connectivity index (χ2n) is 8.83. The van der Waals surface area contributed by atoms with Crippen molar-refractivity contribution in [2.75, 3.05) is 31.2 Å². The highest BCUT2D eigenvalue weighted by molar-refractivity contribution is 6.29. The summed E-state index contributed by atoms with van der Waals surface area (Å²) in [5.74, 6) is -0.286. The summed E-state index contributed by atoms with van der Waals surface area (Å²) in [5, 5.41) is 1.15. The molecular weight excluding hydrogens is 456 g/mol. The summed E-state index contributed by atoms with van der Waals surface area (Å²) >= 11 is 6.08. The van der Waals surface area contributed by atoms with E-state index in [2.05, 4.69) is 14.9 Å². The van der Waals surface area contributed by atoms with Crippen LogP contribution in [0.5, 0.6) is 0 Å². The molecule has 2 atom stereocenters. The van der Waals surface area contributed by atoms with Crippen LogP contribution in [-0.4, -0.2) is 65.2 Å². The molecule has 3 aromatic rings. The van der Waals surface area contributed by atoms with Crippen LogP contribution in [-0.2, 0) is 14.3 Å². The standard InChI is InChI=1S/C25H23ClN4O4/c26-20-7-5-16-6-8-21(28-23(16)27-20)30-22(17-3-1-2-4-18(17)24(30)32)19(15-31)29-11-9-25(10-12-29)33-13-14-34-25/h1-8,15,19,22H,9-14H2. The zero-order valence-corrected chi connectivity index (χ0v) is 19.1. The number of carbonyl (C=O) groups excluding carboxylic acids is 2. The monoisotopic (exact) mass is 478 g/mol. The van der Waals surface area contributed by atoms with Gasteiger partial charge in [-0.25, -0.2) is 9.97 Å². The molecule has 6 rings (SSSR count). The number of aldehydes is 1. The lowest BCUT2D eigenvalue weighted by Gasteiger charge is -2.42. The predicted molar refractivity (Wildman–Crippen MR) is 126 cm³/mol. The molecule has 2 unspecified atom stereocenters. The Hall–Kier alpha value is -2.91. The normalized spacial score (nSPS) is 22.9. The fourth-order valence-electron chi connectivity index (χ4n) is 5.34. The molecule has 3 aliphatic rings. The number of pyridine rings is 2. The van der Waals surface area contributed by atoms with Crippen molar-refractivity contribution in [3.8, 4) is 0 Å². The highest BCUT2D eigenvalue weighted by Crippen LogP contribution is 2.42. The molecule has 9 heteroatoms. The summed E-state index contributed by atoms with van der Waals surface area (Å²) in [7, 11) is 0. The van der Waals surface area contributed by atoms with Gasteiger partial charge in [0.15, 0.2) is 11.4 Å². The van der Waals surface area contributed by atoms with E-state index in [4.69, 9.17) is 21.1 Å². The highest BCUT2D eigenvalue weighted by Gasteiger charge is 2.47. The van der Waals surface area contributed by atoms with Gasteiger partial charge in [0.25, 0.3) is 5.91 Å². The molecule has 0 N–H and O–H groups in total. The molecule has 5 heterocycles. The van der Waals surface area contributed by atoms with Crippen molar-refractivity contribution in [2.45, 2.75) is 30.7 Å². The number of halogens is 1. The van der Waals surface area contributed by atoms with Gasteiger partial charge in [-0.2, -0.15) is 0 Å². The quantitative estimate of drug-likeness (QED) is 0.419. The maximum atomic E-state index is 13.6. The van der Waals surface area contributed by atoms with Crippen LogP contribution >= 0.6 is 11.6 Å². The van der Waals surface area contributed by atoms with Crippen molar-refractivity contribution < 1.29 is 19.1 Å². The van der Waals surface area contributed by atoms with Crippen LogP contribution in [0.15, 0.2) is 48.5 Å². The number of ether oxygens (including phenoxy) is 2. The molecule has 8 nitrogen and oxygen atoms in total. The average Bonchev–Trinajstić information content (AvgIpc) is 3.43. The fraction of sp³-hybridized carbons (Fsp3) is 0.360. The van der Waals surface area contributed by atoms with Crippen LogP contribution < -0.4 is 4.90 Å². The summed E-state index contributed by atoms with van der Waals surface area (Å²) in [6.45, 7) is 2.46. The molecule has 0 bridgehead atoms. The molecule has 174 valence electrons. The van der Waals surface area contributed by atoms with Gasteiger partial charge in [-0.05, 0) is 35.9 Å². The fourth-order valence-corrected chi connectivity index (χ4v) is 5.48. The van der Waals surface area contributed by atoms with Gasteiger partial charge >= 0.3 is 0 Å².